The average Bonchev–Trinajstić information content (AvgIpc) is 3.30. The molecule has 2 atom stereocenters. The highest BCUT2D eigenvalue weighted by molar-refractivity contribution is 9.10. The molecule has 47 heavy (non-hydrogen) atoms. The average molecular weight is 715 g/mol. The Morgan fingerprint density at radius 2 is 1.53 bits per heavy atom. The zero-order chi connectivity index (χ0) is 33.5. The van der Waals surface area contributed by atoms with E-state index in [4.69, 9.17) is 14.5 Å². The van der Waals surface area contributed by atoms with Crippen molar-refractivity contribution in [2.75, 3.05) is 24.6 Å². The number of halogens is 5. The third kappa shape index (κ3) is 7.19. The van der Waals surface area contributed by atoms with Crippen LogP contribution in [0.5, 0.6) is 6.01 Å². The number of alkyl halides is 3. The van der Waals surface area contributed by atoms with Gasteiger partial charge in [-0.3, -0.25) is 4.90 Å². The first-order valence-electron chi connectivity index (χ1n) is 15.1. The molecule has 2 aliphatic rings. The van der Waals surface area contributed by atoms with Crippen LogP contribution in [-0.2, 0) is 4.74 Å². The maximum Gasteiger partial charge on any atom is 0.422 e. The van der Waals surface area contributed by atoms with Crippen LogP contribution in [0.3, 0.4) is 0 Å². The molecule has 0 aliphatic carbocycles. The van der Waals surface area contributed by atoms with Crippen LogP contribution in [0.4, 0.5) is 33.9 Å². The molecule has 246 valence electrons. The van der Waals surface area contributed by atoms with Crippen molar-refractivity contribution in [3.8, 4) is 6.01 Å². The molecular weight excluding hydrogens is 682 g/mol. The van der Waals surface area contributed by atoms with E-state index in [-0.39, 0.29) is 39.0 Å². The van der Waals surface area contributed by atoms with E-state index in [0.29, 0.717) is 31.6 Å². The predicted molar refractivity (Wildman–Crippen MR) is 174 cm³/mol. The Balaban J connectivity index is 1.47. The maximum absolute atomic E-state index is 16.2. The van der Waals surface area contributed by atoms with Crippen molar-refractivity contribution in [2.24, 2.45) is 4.99 Å². The number of benzene rings is 3. The first-order chi connectivity index (χ1) is 22.3. The van der Waals surface area contributed by atoms with Gasteiger partial charge in [-0.2, -0.15) is 23.1 Å². The van der Waals surface area contributed by atoms with E-state index in [9.17, 15) is 18.0 Å². The number of carbonyl (C=O) groups is 1. The van der Waals surface area contributed by atoms with Gasteiger partial charge in [0.2, 0.25) is 0 Å². The fraction of sp³-hybridized carbons (Fsp3) is 0.353. The van der Waals surface area contributed by atoms with E-state index in [2.05, 4.69) is 25.9 Å². The molecule has 1 amide bonds. The summed E-state index contributed by atoms with van der Waals surface area (Å²) in [6.07, 6.45) is -3.67. The van der Waals surface area contributed by atoms with Crippen molar-refractivity contribution < 1.29 is 31.8 Å². The quantitative estimate of drug-likeness (QED) is 0.148. The number of aromatic nitrogens is 2. The fourth-order valence-corrected chi connectivity index (χ4v) is 6.38. The highest BCUT2D eigenvalue weighted by Crippen LogP contribution is 2.41. The minimum absolute atomic E-state index is 0.0180. The minimum Gasteiger partial charge on any atom is -0.454 e. The summed E-state index contributed by atoms with van der Waals surface area (Å²) >= 11 is 3.33. The van der Waals surface area contributed by atoms with Crippen LogP contribution in [-0.4, -0.2) is 70.2 Å². The lowest BCUT2D eigenvalue weighted by Gasteiger charge is -2.42. The van der Waals surface area contributed by atoms with Gasteiger partial charge in [-0.05, 0) is 55.6 Å². The van der Waals surface area contributed by atoms with Crippen LogP contribution in [0.2, 0.25) is 0 Å². The lowest BCUT2D eigenvalue weighted by Crippen LogP contribution is -2.57. The monoisotopic (exact) mass is 713 g/mol. The Hall–Kier alpha value is -4.26. The van der Waals surface area contributed by atoms with Crippen LogP contribution in [0.15, 0.2) is 76.2 Å². The molecule has 2 fully saturated rings. The van der Waals surface area contributed by atoms with Crippen molar-refractivity contribution in [1.82, 2.24) is 14.9 Å². The molecule has 6 rings (SSSR count). The molecule has 3 aromatic carbocycles. The number of nitrogens with zero attached hydrogens (tertiary/aromatic N) is 5. The van der Waals surface area contributed by atoms with Crippen molar-refractivity contribution in [3.63, 3.8) is 0 Å². The molecule has 2 aliphatic heterocycles. The van der Waals surface area contributed by atoms with Crippen molar-refractivity contribution in [1.29, 1.82) is 0 Å². The summed E-state index contributed by atoms with van der Waals surface area (Å²) in [7, 11) is 0. The molecule has 2 saturated heterocycles. The molecule has 2 bridgehead atoms. The van der Waals surface area contributed by atoms with Gasteiger partial charge in [0.15, 0.2) is 12.4 Å². The first kappa shape index (κ1) is 32.7. The zero-order valence-corrected chi connectivity index (χ0v) is 27.5. The van der Waals surface area contributed by atoms with Gasteiger partial charge in [-0.1, -0.05) is 60.7 Å². The lowest BCUT2D eigenvalue weighted by atomic mass is 10.0. The summed E-state index contributed by atoms with van der Waals surface area (Å²) in [5, 5.41) is 0.245. The van der Waals surface area contributed by atoms with Crippen molar-refractivity contribution in [2.45, 2.75) is 57.5 Å². The molecule has 0 saturated carbocycles. The number of piperazine rings is 1. The second-order valence-corrected chi connectivity index (χ2v) is 13.3. The molecule has 1 aromatic heterocycles. The van der Waals surface area contributed by atoms with Crippen LogP contribution in [0, 0.1) is 5.82 Å². The largest absolute Gasteiger partial charge is 0.454 e. The second kappa shape index (κ2) is 12.7. The number of ether oxygens (including phenoxy) is 2. The van der Waals surface area contributed by atoms with E-state index in [0.717, 1.165) is 11.1 Å². The minimum atomic E-state index is -4.65. The highest BCUT2D eigenvalue weighted by atomic mass is 79.9. The Morgan fingerprint density at radius 1 is 0.957 bits per heavy atom. The van der Waals surface area contributed by atoms with Gasteiger partial charge in [-0.15, -0.1) is 0 Å². The normalized spacial score (nSPS) is 18.0. The molecule has 8 nitrogen and oxygen atoms in total. The van der Waals surface area contributed by atoms with Gasteiger partial charge in [0.05, 0.1) is 28.0 Å². The molecule has 0 radical (unpaired) electrons. The number of hydrogen-bond acceptors (Lipinski definition) is 7. The van der Waals surface area contributed by atoms with Crippen LogP contribution in [0.25, 0.3) is 10.9 Å². The highest BCUT2D eigenvalue weighted by Gasteiger charge is 2.45. The first-order valence-corrected chi connectivity index (χ1v) is 15.9. The van der Waals surface area contributed by atoms with E-state index in [1.54, 1.807) is 31.7 Å². The SMILES string of the molecule is CC(C)(C)OC(=O)N1[C@@H]2CC[C@H]1CN(c1nc(OCC(F)(F)F)nc3c(F)c(Br)c(N=C(c4ccccc4)c4ccccc4)cc13)C2. The molecule has 0 N–H and O–H groups in total. The second-order valence-electron chi connectivity index (χ2n) is 12.5. The summed E-state index contributed by atoms with van der Waals surface area (Å²) in [6.45, 7) is 4.36. The summed E-state index contributed by atoms with van der Waals surface area (Å²) < 4.78 is 66.2. The zero-order valence-electron chi connectivity index (χ0n) is 25.9. The predicted octanol–water partition coefficient (Wildman–Crippen LogP) is 8.23. The maximum atomic E-state index is 16.2. The van der Waals surface area contributed by atoms with E-state index < -0.39 is 36.3 Å². The van der Waals surface area contributed by atoms with Gasteiger partial charge in [-0.25, -0.2) is 14.2 Å². The van der Waals surface area contributed by atoms with Crippen molar-refractivity contribution in [3.05, 3.63) is 88.1 Å². The van der Waals surface area contributed by atoms with Gasteiger partial charge < -0.3 is 14.4 Å². The van der Waals surface area contributed by atoms with Crippen LogP contribution in [0.1, 0.15) is 44.7 Å². The smallest absolute Gasteiger partial charge is 0.422 e. The molecule has 0 unspecified atom stereocenters. The molecular formula is C34H32BrF4N5O3. The summed E-state index contributed by atoms with van der Waals surface area (Å²) in [5.74, 6) is -0.630. The van der Waals surface area contributed by atoms with Crippen molar-refractivity contribution >= 4 is 50.1 Å². The number of amides is 1. The van der Waals surface area contributed by atoms with Gasteiger partial charge in [0.1, 0.15) is 16.9 Å². The number of rotatable bonds is 6. The molecule has 13 heteroatoms. The number of anilines is 1. The molecule has 4 aromatic rings. The summed E-state index contributed by atoms with van der Waals surface area (Å²) in [6, 6.07) is 19.4. The third-order valence-corrected chi connectivity index (χ3v) is 8.64. The number of fused-ring (bicyclic) bond motifs is 3. The van der Waals surface area contributed by atoms with Gasteiger partial charge in [0.25, 0.3) is 0 Å². The molecule has 3 heterocycles. The number of aliphatic imine (C=N–C) groups is 1. The Labute approximate surface area is 277 Å². The summed E-state index contributed by atoms with van der Waals surface area (Å²) in [5.41, 5.74) is 1.52. The van der Waals surface area contributed by atoms with Gasteiger partial charge >= 0.3 is 18.3 Å². The standard InChI is InChI=1S/C34H32BrF4N5O3/c1-33(2,3)47-32(45)44-22-14-15-23(44)18-43(17-22)30-24-16-25(26(35)27(36)29(24)41-31(42-30)46-19-34(37,38)39)40-28(20-10-6-4-7-11-20)21-12-8-5-9-13-21/h4-13,16,22-23H,14-15,17-19H2,1-3H3/t22-,23+. The van der Waals surface area contributed by atoms with E-state index in [1.807, 2.05) is 65.6 Å². The van der Waals surface area contributed by atoms with E-state index in [1.165, 1.54) is 0 Å². The topological polar surface area (TPSA) is 80.2 Å². The van der Waals surface area contributed by atoms with E-state index >= 15 is 4.39 Å². The van der Waals surface area contributed by atoms with Crippen LogP contribution >= 0.6 is 15.9 Å². The third-order valence-electron chi connectivity index (χ3n) is 7.89. The number of hydrogen-bond donors (Lipinski definition) is 0. The number of carbonyl (C=O) groups excluding carboxylic acids is 1. The Morgan fingerprint density at radius 3 is 2.06 bits per heavy atom. The Bertz CT molecular complexity index is 1760. The van der Waals surface area contributed by atoms with Gasteiger partial charge in [0, 0.05) is 29.6 Å². The molecule has 0 spiro atoms. The fourth-order valence-electron chi connectivity index (χ4n) is 5.98. The Kier molecular flexibility index (Phi) is 8.86. The lowest BCUT2D eigenvalue weighted by molar-refractivity contribution is -0.154. The summed E-state index contributed by atoms with van der Waals surface area (Å²) in [4.78, 5) is 30.0. The van der Waals surface area contributed by atoms with Crippen LogP contribution < -0.4 is 9.64 Å².